The Labute approximate surface area is 109 Å². The first-order chi connectivity index (χ1) is 8.75. The fourth-order valence-electron chi connectivity index (χ4n) is 2.54. The summed E-state index contributed by atoms with van der Waals surface area (Å²) in [5.74, 6) is 1.68. The molecule has 98 valence electrons. The molecule has 1 aliphatic heterocycles. The Bertz CT molecular complexity index is 440. The van der Waals surface area contributed by atoms with Crippen molar-refractivity contribution in [3.8, 4) is 0 Å². The molecule has 0 amide bonds. The van der Waals surface area contributed by atoms with Crippen molar-refractivity contribution in [1.29, 1.82) is 0 Å². The fourth-order valence-corrected chi connectivity index (χ4v) is 3.80. The van der Waals surface area contributed by atoms with E-state index < -0.39 is 5.97 Å². The van der Waals surface area contributed by atoms with Gasteiger partial charge in [0, 0.05) is 0 Å². The topological polar surface area (TPSA) is 80.9 Å². The van der Waals surface area contributed by atoms with Crippen LogP contribution in [0.4, 0.5) is 0 Å². The summed E-state index contributed by atoms with van der Waals surface area (Å²) in [5, 5.41) is 21.3. The Kier molecular flexibility index (Phi) is 3.23. The molecule has 6 nitrogen and oxygen atoms in total. The van der Waals surface area contributed by atoms with Crippen molar-refractivity contribution >= 4 is 17.7 Å². The first kappa shape index (κ1) is 12.0. The van der Waals surface area contributed by atoms with Gasteiger partial charge in [0.05, 0.1) is 17.7 Å². The van der Waals surface area contributed by atoms with Gasteiger partial charge in [-0.25, -0.2) is 4.68 Å². The number of rotatable bonds is 5. The number of aliphatic carboxylic acids is 1. The van der Waals surface area contributed by atoms with Gasteiger partial charge in [-0.05, 0) is 47.8 Å². The second-order valence-corrected chi connectivity index (χ2v) is 6.30. The number of hydrogen-bond donors (Lipinski definition) is 1. The predicted molar refractivity (Wildman–Crippen MR) is 66.3 cm³/mol. The minimum atomic E-state index is -0.771. The van der Waals surface area contributed by atoms with Crippen LogP contribution in [0, 0.1) is 5.92 Å². The van der Waals surface area contributed by atoms with Gasteiger partial charge in [-0.1, -0.05) is 0 Å². The van der Waals surface area contributed by atoms with Gasteiger partial charge in [-0.3, -0.25) is 4.79 Å². The van der Waals surface area contributed by atoms with Crippen LogP contribution in [0.1, 0.15) is 49.2 Å². The molecule has 0 aromatic carbocycles. The highest BCUT2D eigenvalue weighted by molar-refractivity contribution is 7.99. The zero-order chi connectivity index (χ0) is 12.5. The lowest BCUT2D eigenvalue weighted by Crippen LogP contribution is -2.20. The Hall–Kier alpha value is -1.11. The Morgan fingerprint density at radius 3 is 2.94 bits per heavy atom. The van der Waals surface area contributed by atoms with Gasteiger partial charge in [0.1, 0.15) is 0 Å². The van der Waals surface area contributed by atoms with E-state index in [9.17, 15) is 4.79 Å². The van der Waals surface area contributed by atoms with Crippen LogP contribution in [0.5, 0.6) is 0 Å². The van der Waals surface area contributed by atoms with E-state index in [4.69, 9.17) is 5.11 Å². The standard InChI is InChI=1S/C11H16N4O2S/c16-10(17)6-8(7-3-4-7)15-11(12-13-14-15)9-2-1-5-18-9/h7-9H,1-6H2,(H,16,17). The highest BCUT2D eigenvalue weighted by Crippen LogP contribution is 2.44. The molecule has 0 spiro atoms. The first-order valence-electron chi connectivity index (χ1n) is 6.37. The van der Waals surface area contributed by atoms with E-state index in [0.29, 0.717) is 11.2 Å². The largest absolute Gasteiger partial charge is 0.481 e. The highest BCUT2D eigenvalue weighted by atomic mass is 32.2. The fraction of sp³-hybridized carbons (Fsp3) is 0.818. The van der Waals surface area contributed by atoms with Crippen molar-refractivity contribution < 1.29 is 9.90 Å². The average molecular weight is 268 g/mol. The van der Waals surface area contributed by atoms with E-state index >= 15 is 0 Å². The van der Waals surface area contributed by atoms with E-state index in [1.807, 2.05) is 11.8 Å². The monoisotopic (exact) mass is 268 g/mol. The molecular weight excluding hydrogens is 252 g/mol. The van der Waals surface area contributed by atoms with E-state index in [-0.39, 0.29) is 12.5 Å². The van der Waals surface area contributed by atoms with Gasteiger partial charge in [-0.2, -0.15) is 11.8 Å². The van der Waals surface area contributed by atoms with Gasteiger partial charge < -0.3 is 5.11 Å². The molecule has 2 atom stereocenters. The Morgan fingerprint density at radius 1 is 1.50 bits per heavy atom. The van der Waals surface area contributed by atoms with Crippen LogP contribution in [-0.2, 0) is 4.79 Å². The summed E-state index contributed by atoms with van der Waals surface area (Å²) in [6.45, 7) is 0. The molecule has 1 saturated carbocycles. The van der Waals surface area contributed by atoms with Gasteiger partial charge >= 0.3 is 5.97 Å². The molecular formula is C11H16N4O2S. The summed E-state index contributed by atoms with van der Waals surface area (Å²) < 4.78 is 1.79. The van der Waals surface area contributed by atoms with Gasteiger partial charge in [-0.15, -0.1) is 5.10 Å². The second-order valence-electron chi connectivity index (χ2n) is 4.99. The van der Waals surface area contributed by atoms with Crippen molar-refractivity contribution in [1.82, 2.24) is 20.2 Å². The van der Waals surface area contributed by atoms with E-state index in [1.54, 1.807) is 4.68 Å². The van der Waals surface area contributed by atoms with Crippen LogP contribution in [-0.4, -0.2) is 37.0 Å². The van der Waals surface area contributed by atoms with E-state index in [2.05, 4.69) is 15.5 Å². The van der Waals surface area contributed by atoms with Crippen LogP contribution in [0.2, 0.25) is 0 Å². The number of aromatic nitrogens is 4. The molecule has 1 saturated heterocycles. The zero-order valence-corrected chi connectivity index (χ0v) is 10.8. The van der Waals surface area contributed by atoms with Crippen LogP contribution in [0.25, 0.3) is 0 Å². The lowest BCUT2D eigenvalue weighted by molar-refractivity contribution is -0.138. The minimum absolute atomic E-state index is 0.0614. The van der Waals surface area contributed by atoms with Gasteiger partial charge in [0.25, 0.3) is 0 Å². The molecule has 2 aliphatic rings. The molecule has 3 rings (SSSR count). The van der Waals surface area contributed by atoms with Gasteiger partial charge in [0.2, 0.25) is 0 Å². The molecule has 18 heavy (non-hydrogen) atoms. The average Bonchev–Trinajstić information content (AvgIpc) is 2.86. The molecule has 2 unspecified atom stereocenters. The van der Waals surface area contributed by atoms with E-state index in [1.165, 1.54) is 6.42 Å². The van der Waals surface area contributed by atoms with Gasteiger partial charge in [0.15, 0.2) is 5.82 Å². The van der Waals surface area contributed by atoms with Crippen LogP contribution >= 0.6 is 11.8 Å². The molecule has 2 heterocycles. The summed E-state index contributed by atoms with van der Waals surface area (Å²) >= 11 is 1.87. The summed E-state index contributed by atoms with van der Waals surface area (Å²) in [4.78, 5) is 11.0. The molecule has 1 aromatic rings. The molecule has 0 radical (unpaired) electrons. The smallest absolute Gasteiger partial charge is 0.305 e. The van der Waals surface area contributed by atoms with Crippen molar-refractivity contribution in [2.75, 3.05) is 5.75 Å². The number of tetrazole rings is 1. The third-order valence-corrected chi connectivity index (χ3v) is 4.97. The molecule has 1 aliphatic carbocycles. The predicted octanol–water partition coefficient (Wildman–Crippen LogP) is 1.67. The van der Waals surface area contributed by atoms with Crippen molar-refractivity contribution in [3.05, 3.63) is 5.82 Å². The maximum absolute atomic E-state index is 11.0. The zero-order valence-electron chi connectivity index (χ0n) is 10.0. The summed E-state index contributed by atoms with van der Waals surface area (Å²) in [7, 11) is 0. The summed E-state index contributed by atoms with van der Waals surface area (Å²) in [6.07, 6.45) is 4.59. The number of carbonyl (C=O) groups is 1. The maximum Gasteiger partial charge on any atom is 0.305 e. The number of thioether (sulfide) groups is 1. The lowest BCUT2D eigenvalue weighted by atomic mass is 10.1. The van der Waals surface area contributed by atoms with Crippen LogP contribution < -0.4 is 0 Å². The highest BCUT2D eigenvalue weighted by Gasteiger charge is 2.37. The molecule has 2 fully saturated rings. The molecule has 0 bridgehead atoms. The number of hydrogen-bond acceptors (Lipinski definition) is 5. The SMILES string of the molecule is O=C(O)CC(C1CC1)n1nnnc1C1CCCS1. The number of nitrogens with zero attached hydrogens (tertiary/aromatic N) is 4. The third kappa shape index (κ3) is 2.36. The second kappa shape index (κ2) is 4.87. The van der Waals surface area contributed by atoms with E-state index in [0.717, 1.165) is 30.8 Å². The van der Waals surface area contributed by atoms with Crippen LogP contribution in [0.15, 0.2) is 0 Å². The minimum Gasteiger partial charge on any atom is -0.481 e. The van der Waals surface area contributed by atoms with Crippen LogP contribution in [0.3, 0.4) is 0 Å². The van der Waals surface area contributed by atoms with Crippen molar-refractivity contribution in [2.45, 2.75) is 43.4 Å². The normalized spacial score (nSPS) is 25.2. The molecule has 7 heteroatoms. The number of carboxylic acids is 1. The quantitative estimate of drug-likeness (QED) is 0.874. The Balaban J connectivity index is 1.84. The molecule has 1 N–H and O–H groups in total. The Morgan fingerprint density at radius 2 is 2.33 bits per heavy atom. The van der Waals surface area contributed by atoms with Crippen molar-refractivity contribution in [3.63, 3.8) is 0 Å². The first-order valence-corrected chi connectivity index (χ1v) is 7.41. The summed E-state index contributed by atoms with van der Waals surface area (Å²) in [6, 6.07) is -0.0614. The lowest BCUT2D eigenvalue weighted by Gasteiger charge is -2.17. The number of carboxylic acid groups (broad SMARTS) is 1. The summed E-state index contributed by atoms with van der Waals surface area (Å²) in [5.41, 5.74) is 0. The van der Waals surface area contributed by atoms with Crippen molar-refractivity contribution in [2.24, 2.45) is 5.92 Å². The maximum atomic E-state index is 11.0. The molecule has 1 aromatic heterocycles. The third-order valence-electron chi connectivity index (χ3n) is 3.60.